The van der Waals surface area contributed by atoms with Crippen LogP contribution in [0.3, 0.4) is 0 Å². The van der Waals surface area contributed by atoms with E-state index in [4.69, 9.17) is 34.2 Å². The lowest BCUT2D eigenvalue weighted by Crippen LogP contribution is -2.51. The van der Waals surface area contributed by atoms with Crippen LogP contribution < -0.4 is 15.2 Å². The first-order chi connectivity index (χ1) is 18.4. The number of methoxy groups -OCH3 is 1. The molecular formula is C29H45NO10. The number of ether oxygens (including phenoxy) is 6. The zero-order chi connectivity index (χ0) is 30.8. The Kier molecular flexibility index (Phi) is 12.9. The van der Waals surface area contributed by atoms with Crippen LogP contribution in [0.1, 0.15) is 74.3 Å². The van der Waals surface area contributed by atoms with E-state index < -0.39 is 47.4 Å². The highest BCUT2D eigenvalue weighted by Crippen LogP contribution is 2.32. The smallest absolute Gasteiger partial charge is 0.468 e. The Labute approximate surface area is 236 Å². The third-order valence-electron chi connectivity index (χ3n) is 6.34. The summed E-state index contributed by atoms with van der Waals surface area (Å²) in [7, 11) is 1.20. The van der Waals surface area contributed by atoms with Gasteiger partial charge in [0.1, 0.15) is 17.7 Å². The molecule has 0 radical (unpaired) electrons. The predicted molar refractivity (Wildman–Crippen MR) is 147 cm³/mol. The normalized spacial score (nSPS) is 14.5. The molecule has 0 spiro atoms. The lowest BCUT2D eigenvalue weighted by molar-refractivity contribution is -0.156. The number of carbonyl (C=O) groups is 4. The molecule has 0 aromatic heterocycles. The summed E-state index contributed by atoms with van der Waals surface area (Å²) in [5.74, 6) is -1.31. The quantitative estimate of drug-likeness (QED) is 0.202. The average molecular weight is 568 g/mol. The van der Waals surface area contributed by atoms with E-state index in [1.807, 2.05) is 27.7 Å². The van der Waals surface area contributed by atoms with E-state index in [9.17, 15) is 19.2 Å². The fraction of sp³-hybridized carbons (Fsp3) is 0.655. The van der Waals surface area contributed by atoms with Crippen LogP contribution in [-0.4, -0.2) is 55.7 Å². The molecule has 11 heteroatoms. The molecule has 1 aromatic carbocycles. The number of carbonyl (C=O) groups excluding carboxylic acids is 4. The first kappa shape index (κ1) is 34.7. The number of rotatable bonds is 12. The first-order valence-electron chi connectivity index (χ1n) is 13.3. The molecule has 0 saturated carbocycles. The standard InChI is InChI=1S/C29H45NO10/c1-17(2)19(5)37-26(33)39-22-12-11-21(15-23(22)40-27(34)38-20(6)18(3)4)16-29(30,25(32)35-10)13-14-36-24(31)28(7,8)9/h11-12,15,17-20H,13-14,16,30H2,1-10H3/t19-,20?,29+/m0/s1. The van der Waals surface area contributed by atoms with Gasteiger partial charge < -0.3 is 34.2 Å². The zero-order valence-corrected chi connectivity index (χ0v) is 25.3. The van der Waals surface area contributed by atoms with Crippen molar-refractivity contribution >= 4 is 24.2 Å². The molecule has 0 amide bonds. The molecule has 40 heavy (non-hydrogen) atoms. The van der Waals surface area contributed by atoms with Crippen molar-refractivity contribution in [3.05, 3.63) is 23.8 Å². The van der Waals surface area contributed by atoms with Gasteiger partial charge in [-0.15, -0.1) is 0 Å². The van der Waals surface area contributed by atoms with Crippen molar-refractivity contribution in [2.45, 2.75) is 92.9 Å². The van der Waals surface area contributed by atoms with Crippen molar-refractivity contribution in [1.82, 2.24) is 0 Å². The highest BCUT2D eigenvalue weighted by Gasteiger charge is 2.37. The third-order valence-corrected chi connectivity index (χ3v) is 6.34. The summed E-state index contributed by atoms with van der Waals surface area (Å²) in [4.78, 5) is 49.7. The van der Waals surface area contributed by atoms with Gasteiger partial charge in [-0.2, -0.15) is 0 Å². The SMILES string of the molecule is COC(=O)[C@@](N)(CCOC(=O)C(C)(C)C)Cc1ccc(OC(=O)O[C@@H](C)C(C)C)c(OC(=O)OC(C)C(C)C)c1. The van der Waals surface area contributed by atoms with Crippen molar-refractivity contribution in [3.8, 4) is 11.5 Å². The molecule has 0 heterocycles. The summed E-state index contributed by atoms with van der Waals surface area (Å²) in [6, 6.07) is 4.35. The minimum atomic E-state index is -1.58. The predicted octanol–water partition coefficient (Wildman–Crippen LogP) is 5.20. The highest BCUT2D eigenvalue weighted by molar-refractivity contribution is 5.81. The van der Waals surface area contributed by atoms with Crippen molar-refractivity contribution in [1.29, 1.82) is 0 Å². The van der Waals surface area contributed by atoms with Crippen LogP contribution >= 0.6 is 0 Å². The fourth-order valence-electron chi connectivity index (χ4n) is 3.00. The third kappa shape index (κ3) is 11.0. The van der Waals surface area contributed by atoms with Gasteiger partial charge in [0, 0.05) is 12.8 Å². The Morgan fingerprint density at radius 2 is 1.30 bits per heavy atom. The molecule has 3 atom stereocenters. The Morgan fingerprint density at radius 1 is 0.800 bits per heavy atom. The Bertz CT molecular complexity index is 1030. The molecule has 0 bridgehead atoms. The van der Waals surface area contributed by atoms with E-state index in [1.54, 1.807) is 40.7 Å². The molecule has 1 rings (SSSR count). The van der Waals surface area contributed by atoms with E-state index in [1.165, 1.54) is 19.2 Å². The molecule has 1 aromatic rings. The molecule has 226 valence electrons. The fourth-order valence-corrected chi connectivity index (χ4v) is 3.00. The maximum Gasteiger partial charge on any atom is 0.514 e. The molecule has 2 N–H and O–H groups in total. The Morgan fingerprint density at radius 3 is 1.75 bits per heavy atom. The van der Waals surface area contributed by atoms with Gasteiger partial charge in [-0.05, 0) is 64.2 Å². The second-order valence-corrected chi connectivity index (χ2v) is 11.6. The molecular weight excluding hydrogens is 522 g/mol. The minimum absolute atomic E-state index is 0.0346. The number of benzene rings is 1. The van der Waals surface area contributed by atoms with Crippen molar-refractivity contribution in [2.24, 2.45) is 23.0 Å². The van der Waals surface area contributed by atoms with E-state index in [-0.39, 0.29) is 42.8 Å². The highest BCUT2D eigenvalue weighted by atomic mass is 16.8. The lowest BCUT2D eigenvalue weighted by atomic mass is 9.88. The van der Waals surface area contributed by atoms with Gasteiger partial charge in [-0.3, -0.25) is 9.59 Å². The van der Waals surface area contributed by atoms with Crippen LogP contribution in [0.2, 0.25) is 0 Å². The van der Waals surface area contributed by atoms with Gasteiger partial charge in [0.15, 0.2) is 11.5 Å². The molecule has 1 unspecified atom stereocenters. The number of hydrogen-bond acceptors (Lipinski definition) is 11. The summed E-state index contributed by atoms with van der Waals surface area (Å²) in [5, 5.41) is 0. The topological polar surface area (TPSA) is 150 Å². The first-order valence-corrected chi connectivity index (χ1v) is 13.3. The maximum atomic E-state index is 12.6. The lowest BCUT2D eigenvalue weighted by Gasteiger charge is -2.27. The average Bonchev–Trinajstić information content (AvgIpc) is 2.83. The molecule has 11 nitrogen and oxygen atoms in total. The summed E-state index contributed by atoms with van der Waals surface area (Å²) < 4.78 is 31.5. The molecule has 0 aliphatic rings. The number of esters is 2. The number of nitrogens with two attached hydrogens (primary N) is 1. The maximum absolute atomic E-state index is 12.6. The summed E-state index contributed by atoms with van der Waals surface area (Å²) >= 11 is 0. The Balaban J connectivity index is 3.26. The second-order valence-electron chi connectivity index (χ2n) is 11.6. The Hall–Kier alpha value is -3.34. The van der Waals surface area contributed by atoms with Crippen LogP contribution in [0.25, 0.3) is 0 Å². The van der Waals surface area contributed by atoms with E-state index in [2.05, 4.69) is 0 Å². The summed E-state index contributed by atoms with van der Waals surface area (Å²) in [6.07, 6.45) is -2.96. The van der Waals surface area contributed by atoms with Crippen LogP contribution in [0, 0.1) is 17.3 Å². The summed E-state index contributed by atoms with van der Waals surface area (Å²) in [5.41, 5.74) is 4.58. The van der Waals surface area contributed by atoms with E-state index in [0.717, 1.165) is 0 Å². The number of hydrogen-bond donors (Lipinski definition) is 1. The van der Waals surface area contributed by atoms with Crippen molar-refractivity contribution in [3.63, 3.8) is 0 Å². The van der Waals surface area contributed by atoms with Crippen LogP contribution in [0.5, 0.6) is 11.5 Å². The van der Waals surface area contributed by atoms with Crippen LogP contribution in [0.4, 0.5) is 9.59 Å². The van der Waals surface area contributed by atoms with Gasteiger partial charge in [0.25, 0.3) is 0 Å². The van der Waals surface area contributed by atoms with Gasteiger partial charge in [-0.25, -0.2) is 9.59 Å². The molecule has 0 aliphatic heterocycles. The second kappa shape index (κ2) is 14.9. The van der Waals surface area contributed by atoms with Gasteiger partial charge in [0.2, 0.25) is 0 Å². The van der Waals surface area contributed by atoms with E-state index >= 15 is 0 Å². The zero-order valence-electron chi connectivity index (χ0n) is 25.3. The van der Waals surface area contributed by atoms with Gasteiger partial charge in [-0.1, -0.05) is 33.8 Å². The summed E-state index contributed by atoms with van der Waals surface area (Å²) in [6.45, 7) is 16.0. The van der Waals surface area contributed by atoms with Gasteiger partial charge in [0.05, 0.1) is 19.1 Å². The molecule has 0 saturated heterocycles. The van der Waals surface area contributed by atoms with Crippen LogP contribution in [-0.2, 0) is 35.0 Å². The van der Waals surface area contributed by atoms with E-state index in [0.29, 0.717) is 5.56 Å². The molecule has 0 fully saturated rings. The largest absolute Gasteiger partial charge is 0.514 e. The monoisotopic (exact) mass is 567 g/mol. The van der Waals surface area contributed by atoms with Crippen LogP contribution in [0.15, 0.2) is 18.2 Å². The molecule has 0 aliphatic carbocycles. The van der Waals surface area contributed by atoms with Crippen molar-refractivity contribution in [2.75, 3.05) is 13.7 Å². The van der Waals surface area contributed by atoms with Crippen molar-refractivity contribution < 1.29 is 47.6 Å². The van der Waals surface area contributed by atoms with Gasteiger partial charge >= 0.3 is 24.2 Å². The minimum Gasteiger partial charge on any atom is -0.468 e.